The van der Waals surface area contributed by atoms with Crippen LogP contribution in [0.2, 0.25) is 0 Å². The molecule has 1 amide bonds. The van der Waals surface area contributed by atoms with Crippen molar-refractivity contribution >= 4 is 50.5 Å². The zero-order valence-corrected chi connectivity index (χ0v) is 11.1. The summed E-state index contributed by atoms with van der Waals surface area (Å²) < 4.78 is 1.11. The molecule has 0 fully saturated rings. The normalized spacial score (nSPS) is 17.3. The van der Waals surface area contributed by atoms with Gasteiger partial charge >= 0.3 is 0 Å². The van der Waals surface area contributed by atoms with E-state index in [0.717, 1.165) is 15.8 Å². The lowest BCUT2D eigenvalue weighted by Crippen LogP contribution is -2.21. The molecule has 90 valence electrons. The predicted octanol–water partition coefficient (Wildman–Crippen LogP) is 2.49. The first-order valence-electron chi connectivity index (χ1n) is 5.25. The van der Waals surface area contributed by atoms with Gasteiger partial charge in [0.2, 0.25) is 0 Å². The molecular weight excluding hydrogens is 266 g/mol. The van der Waals surface area contributed by atoms with Crippen molar-refractivity contribution in [3.8, 4) is 0 Å². The smallest absolute Gasteiger partial charge is 0.275 e. The number of carbonyl (C=O) groups excluding carboxylic acids is 1. The molecule has 0 atom stereocenters. The van der Waals surface area contributed by atoms with Crippen LogP contribution in [0.1, 0.15) is 5.56 Å². The molecule has 1 aromatic heterocycles. The number of aromatic nitrogens is 1. The van der Waals surface area contributed by atoms with E-state index in [1.165, 1.54) is 11.8 Å². The first-order valence-corrected chi connectivity index (χ1v) is 7.36. The molecule has 0 radical (unpaired) electrons. The second-order valence-electron chi connectivity index (χ2n) is 3.68. The molecule has 1 aliphatic rings. The van der Waals surface area contributed by atoms with Crippen LogP contribution >= 0.6 is 23.1 Å². The molecule has 0 saturated carbocycles. The van der Waals surface area contributed by atoms with Crippen molar-refractivity contribution in [2.45, 2.75) is 0 Å². The average molecular weight is 275 g/mol. The van der Waals surface area contributed by atoms with Gasteiger partial charge in [-0.25, -0.2) is 9.98 Å². The summed E-state index contributed by atoms with van der Waals surface area (Å²) in [5.41, 5.74) is 4.20. The van der Waals surface area contributed by atoms with Gasteiger partial charge in [-0.3, -0.25) is 10.1 Å². The minimum atomic E-state index is -0.149. The molecule has 0 bridgehead atoms. The minimum absolute atomic E-state index is 0.149. The summed E-state index contributed by atoms with van der Waals surface area (Å²) in [6.07, 6.45) is 3.67. The summed E-state index contributed by atoms with van der Waals surface area (Å²) in [5.74, 6) is -0.149. The third kappa shape index (κ3) is 2.04. The van der Waals surface area contributed by atoms with Gasteiger partial charge in [-0.05, 0) is 30.0 Å². The highest BCUT2D eigenvalue weighted by Crippen LogP contribution is 2.21. The van der Waals surface area contributed by atoms with Gasteiger partial charge in [0.15, 0.2) is 5.17 Å². The molecule has 0 aliphatic carbocycles. The maximum atomic E-state index is 11.6. The number of hydrogen-bond acceptors (Lipinski definition) is 5. The molecule has 1 N–H and O–H groups in total. The molecule has 0 saturated heterocycles. The molecule has 18 heavy (non-hydrogen) atoms. The maximum Gasteiger partial charge on any atom is 0.275 e. The van der Waals surface area contributed by atoms with E-state index in [1.807, 2.05) is 30.0 Å². The zero-order valence-electron chi connectivity index (χ0n) is 9.51. The van der Waals surface area contributed by atoms with Gasteiger partial charge in [-0.1, -0.05) is 17.8 Å². The Morgan fingerprint density at radius 1 is 1.44 bits per heavy atom. The lowest BCUT2D eigenvalue weighted by Gasteiger charge is -1.94. The Kier molecular flexibility index (Phi) is 2.89. The fraction of sp³-hybridized carbons (Fsp3) is 0.0833. The van der Waals surface area contributed by atoms with Crippen LogP contribution in [0.4, 0.5) is 0 Å². The van der Waals surface area contributed by atoms with Crippen LogP contribution < -0.4 is 5.32 Å². The number of aliphatic imine (C=N–C) groups is 1. The number of rotatable bonds is 1. The van der Waals surface area contributed by atoms with E-state index in [-0.39, 0.29) is 5.91 Å². The molecule has 2 aromatic rings. The fourth-order valence-corrected chi connectivity index (χ4v) is 2.77. The average Bonchev–Trinajstić information content (AvgIpc) is 2.96. The summed E-state index contributed by atoms with van der Waals surface area (Å²) >= 11 is 3.01. The van der Waals surface area contributed by atoms with Gasteiger partial charge in [-0.15, -0.1) is 11.3 Å². The summed E-state index contributed by atoms with van der Waals surface area (Å²) in [4.78, 5) is 20.1. The Labute approximate surface area is 112 Å². The van der Waals surface area contributed by atoms with Crippen molar-refractivity contribution in [2.75, 3.05) is 6.26 Å². The second kappa shape index (κ2) is 4.55. The summed E-state index contributed by atoms with van der Waals surface area (Å²) in [5, 5.41) is 3.35. The number of thioether (sulfide) groups is 1. The molecule has 2 heterocycles. The molecule has 1 aromatic carbocycles. The van der Waals surface area contributed by atoms with Crippen LogP contribution in [0.15, 0.2) is 34.4 Å². The van der Waals surface area contributed by atoms with Gasteiger partial charge in [-0.2, -0.15) is 0 Å². The van der Waals surface area contributed by atoms with Gasteiger partial charge in [0, 0.05) is 0 Å². The first kappa shape index (κ1) is 11.4. The summed E-state index contributed by atoms with van der Waals surface area (Å²) in [7, 11) is 0. The Morgan fingerprint density at radius 3 is 3.11 bits per heavy atom. The second-order valence-corrected chi connectivity index (χ2v) is 5.37. The van der Waals surface area contributed by atoms with E-state index < -0.39 is 0 Å². The number of nitrogens with zero attached hydrogens (tertiary/aromatic N) is 2. The van der Waals surface area contributed by atoms with E-state index in [4.69, 9.17) is 0 Å². The number of amides is 1. The van der Waals surface area contributed by atoms with E-state index >= 15 is 0 Å². The number of benzene rings is 1. The van der Waals surface area contributed by atoms with E-state index in [9.17, 15) is 4.79 Å². The van der Waals surface area contributed by atoms with Crippen molar-refractivity contribution in [1.29, 1.82) is 0 Å². The first-order chi connectivity index (χ1) is 8.76. The van der Waals surface area contributed by atoms with E-state index in [0.29, 0.717) is 10.9 Å². The highest BCUT2D eigenvalue weighted by molar-refractivity contribution is 8.13. The lowest BCUT2D eigenvalue weighted by molar-refractivity contribution is -0.115. The number of carbonyl (C=O) groups is 1. The molecular formula is C12H9N3OS2. The number of fused-ring (bicyclic) bond motifs is 1. The molecule has 1 aliphatic heterocycles. The largest absolute Gasteiger partial charge is 0.300 e. The van der Waals surface area contributed by atoms with Crippen LogP contribution in [0.25, 0.3) is 16.3 Å². The van der Waals surface area contributed by atoms with E-state index in [2.05, 4.69) is 15.3 Å². The monoisotopic (exact) mass is 275 g/mol. The SMILES string of the molecule is CSC1=N/C(=C\c2ccc3ncsc3c2)C(=O)N1. The third-order valence-corrected chi connectivity index (χ3v) is 3.90. The summed E-state index contributed by atoms with van der Waals surface area (Å²) in [6, 6.07) is 5.90. The molecule has 0 unspecified atom stereocenters. The number of thiazole rings is 1. The van der Waals surface area contributed by atoms with Crippen molar-refractivity contribution in [2.24, 2.45) is 4.99 Å². The number of amidine groups is 1. The van der Waals surface area contributed by atoms with E-state index in [1.54, 1.807) is 17.4 Å². The number of nitrogens with one attached hydrogen (secondary N) is 1. The Balaban J connectivity index is 2.00. The third-order valence-electron chi connectivity index (χ3n) is 2.53. The molecule has 6 heteroatoms. The van der Waals surface area contributed by atoms with Crippen LogP contribution in [0.3, 0.4) is 0 Å². The molecule has 4 nitrogen and oxygen atoms in total. The van der Waals surface area contributed by atoms with Gasteiger partial charge in [0.1, 0.15) is 5.70 Å². The van der Waals surface area contributed by atoms with Crippen LogP contribution in [-0.2, 0) is 4.79 Å². The van der Waals surface area contributed by atoms with Crippen molar-refractivity contribution in [3.63, 3.8) is 0 Å². The van der Waals surface area contributed by atoms with Crippen LogP contribution in [0, 0.1) is 0 Å². The Hall–Kier alpha value is -1.66. The van der Waals surface area contributed by atoms with Crippen LogP contribution in [-0.4, -0.2) is 22.3 Å². The fourth-order valence-electron chi connectivity index (χ4n) is 1.66. The van der Waals surface area contributed by atoms with Gasteiger partial charge < -0.3 is 0 Å². The maximum absolute atomic E-state index is 11.6. The molecule has 3 rings (SSSR count). The van der Waals surface area contributed by atoms with Crippen molar-refractivity contribution in [3.05, 3.63) is 35.0 Å². The minimum Gasteiger partial charge on any atom is -0.300 e. The highest BCUT2D eigenvalue weighted by Gasteiger charge is 2.18. The topological polar surface area (TPSA) is 54.4 Å². The predicted molar refractivity (Wildman–Crippen MR) is 76.7 cm³/mol. The van der Waals surface area contributed by atoms with Gasteiger partial charge in [0.05, 0.1) is 15.7 Å². The Morgan fingerprint density at radius 2 is 2.33 bits per heavy atom. The van der Waals surface area contributed by atoms with Crippen molar-refractivity contribution < 1.29 is 4.79 Å². The van der Waals surface area contributed by atoms with Crippen LogP contribution in [0.5, 0.6) is 0 Å². The molecule has 0 spiro atoms. The standard InChI is InChI=1S/C12H9N3OS2/c1-17-12-14-9(11(16)15-12)4-7-2-3-8-10(5-7)18-6-13-8/h2-6H,1H3,(H,14,15,16)/b9-4-. The highest BCUT2D eigenvalue weighted by atomic mass is 32.2. The zero-order chi connectivity index (χ0) is 12.5. The van der Waals surface area contributed by atoms with Crippen molar-refractivity contribution in [1.82, 2.24) is 10.3 Å². The summed E-state index contributed by atoms with van der Waals surface area (Å²) in [6.45, 7) is 0. The quantitative estimate of drug-likeness (QED) is 0.813. The number of hydrogen-bond donors (Lipinski definition) is 1. The lowest BCUT2D eigenvalue weighted by atomic mass is 10.2. The van der Waals surface area contributed by atoms with Gasteiger partial charge in [0.25, 0.3) is 5.91 Å². The Bertz CT molecular complexity index is 687.